The first-order valence-corrected chi connectivity index (χ1v) is 8.74. The van der Waals surface area contributed by atoms with E-state index in [2.05, 4.69) is 13.8 Å². The van der Waals surface area contributed by atoms with Gasteiger partial charge in [-0.2, -0.15) is 8.42 Å². The molecule has 0 saturated heterocycles. The summed E-state index contributed by atoms with van der Waals surface area (Å²) in [6.07, 6.45) is 0. The highest BCUT2D eigenvalue weighted by Crippen LogP contribution is 2.27. The Kier molecular flexibility index (Phi) is 4.61. The Hall–Kier alpha value is -1.81. The molecule has 0 spiro atoms. The zero-order valence-electron chi connectivity index (χ0n) is 13.7. The van der Waals surface area contributed by atoms with Crippen molar-refractivity contribution in [2.75, 3.05) is 0 Å². The molecule has 0 fully saturated rings. The van der Waals surface area contributed by atoms with E-state index in [-0.39, 0.29) is 4.90 Å². The fraction of sp³-hybridized carbons (Fsp3) is 0.333. The highest BCUT2D eigenvalue weighted by Gasteiger charge is 2.22. The molecular weight excluding hydrogens is 296 g/mol. The molecule has 3 nitrogen and oxygen atoms in total. The van der Waals surface area contributed by atoms with E-state index in [1.54, 1.807) is 26.0 Å². The van der Waals surface area contributed by atoms with Crippen LogP contribution in [-0.2, 0) is 10.1 Å². The summed E-state index contributed by atoms with van der Waals surface area (Å²) in [4.78, 5) is 0.257. The number of benzene rings is 2. The van der Waals surface area contributed by atoms with Crippen molar-refractivity contribution in [2.24, 2.45) is 0 Å². The van der Waals surface area contributed by atoms with Gasteiger partial charge in [0, 0.05) is 0 Å². The predicted octanol–water partition coefficient (Wildman–Crippen LogP) is 4.50. The second-order valence-electron chi connectivity index (χ2n) is 5.99. The van der Waals surface area contributed by atoms with Gasteiger partial charge in [-0.25, -0.2) is 0 Å². The molecule has 0 amide bonds. The minimum atomic E-state index is -3.83. The molecule has 0 aliphatic heterocycles. The van der Waals surface area contributed by atoms with Crippen molar-refractivity contribution in [3.05, 3.63) is 58.7 Å². The Morgan fingerprint density at radius 3 is 2.09 bits per heavy atom. The van der Waals surface area contributed by atoms with Gasteiger partial charge in [-0.3, -0.25) is 0 Å². The minimum Gasteiger partial charge on any atom is -0.379 e. The number of hydrogen-bond acceptors (Lipinski definition) is 3. The fourth-order valence-electron chi connectivity index (χ4n) is 2.65. The van der Waals surface area contributed by atoms with Crippen molar-refractivity contribution in [2.45, 2.75) is 45.4 Å². The maximum Gasteiger partial charge on any atom is 0.339 e. The van der Waals surface area contributed by atoms with E-state index in [9.17, 15) is 8.42 Å². The van der Waals surface area contributed by atoms with Gasteiger partial charge in [0.15, 0.2) is 0 Å². The Labute approximate surface area is 133 Å². The van der Waals surface area contributed by atoms with Crippen LogP contribution >= 0.6 is 0 Å². The molecule has 2 aromatic rings. The Morgan fingerprint density at radius 1 is 0.955 bits per heavy atom. The molecule has 118 valence electrons. The summed E-state index contributed by atoms with van der Waals surface area (Å²) in [6.45, 7) is 9.65. The maximum absolute atomic E-state index is 12.6. The van der Waals surface area contributed by atoms with Crippen LogP contribution < -0.4 is 4.18 Å². The van der Waals surface area contributed by atoms with E-state index < -0.39 is 10.1 Å². The van der Waals surface area contributed by atoms with Gasteiger partial charge in [-0.1, -0.05) is 43.7 Å². The zero-order valence-corrected chi connectivity index (χ0v) is 14.5. The van der Waals surface area contributed by atoms with Crippen molar-refractivity contribution < 1.29 is 12.6 Å². The number of hydrogen-bond donors (Lipinski definition) is 0. The molecule has 2 rings (SSSR count). The van der Waals surface area contributed by atoms with E-state index in [0.717, 1.165) is 11.1 Å². The van der Waals surface area contributed by atoms with Gasteiger partial charge in [-0.15, -0.1) is 0 Å². The lowest BCUT2D eigenvalue weighted by atomic mass is 10.0. The highest BCUT2D eigenvalue weighted by molar-refractivity contribution is 7.87. The molecule has 0 aliphatic rings. The van der Waals surface area contributed by atoms with Crippen molar-refractivity contribution in [3.63, 3.8) is 0 Å². The van der Waals surface area contributed by atoms with E-state index in [0.29, 0.717) is 22.8 Å². The third-order valence-electron chi connectivity index (χ3n) is 3.59. The fourth-order valence-corrected chi connectivity index (χ4v) is 4.00. The monoisotopic (exact) mass is 318 g/mol. The molecule has 0 N–H and O–H groups in total. The van der Waals surface area contributed by atoms with Crippen molar-refractivity contribution in [1.82, 2.24) is 0 Å². The van der Waals surface area contributed by atoms with Crippen LogP contribution in [0, 0.1) is 20.8 Å². The van der Waals surface area contributed by atoms with Crippen molar-refractivity contribution in [1.29, 1.82) is 0 Å². The number of rotatable bonds is 4. The third-order valence-corrected chi connectivity index (χ3v) is 5.14. The molecule has 0 atom stereocenters. The van der Waals surface area contributed by atoms with E-state index in [4.69, 9.17) is 4.18 Å². The average molecular weight is 318 g/mol. The first kappa shape index (κ1) is 16.6. The third kappa shape index (κ3) is 3.50. The molecule has 0 radical (unpaired) electrons. The first-order valence-electron chi connectivity index (χ1n) is 7.33. The average Bonchev–Trinajstić information content (AvgIpc) is 2.36. The van der Waals surface area contributed by atoms with Crippen LogP contribution in [0.4, 0.5) is 0 Å². The van der Waals surface area contributed by atoms with Gasteiger partial charge in [0.1, 0.15) is 10.6 Å². The van der Waals surface area contributed by atoms with Crippen LogP contribution in [0.5, 0.6) is 5.75 Å². The Balaban J connectivity index is 2.43. The summed E-state index contributed by atoms with van der Waals surface area (Å²) in [7, 11) is -3.83. The normalized spacial score (nSPS) is 11.7. The maximum atomic E-state index is 12.6. The standard InChI is InChI=1S/C18H22O3S/c1-12(2)16-7-6-8-17(11-16)21-22(19,20)18-14(4)9-13(3)10-15(18)5/h6-12H,1-5H3. The molecule has 2 aromatic carbocycles. The summed E-state index contributed by atoms with van der Waals surface area (Å²) in [6, 6.07) is 10.9. The molecule has 0 bridgehead atoms. The highest BCUT2D eigenvalue weighted by atomic mass is 32.2. The molecule has 0 heterocycles. The van der Waals surface area contributed by atoms with E-state index >= 15 is 0 Å². The number of aryl methyl sites for hydroxylation is 3. The van der Waals surface area contributed by atoms with Crippen molar-refractivity contribution in [3.8, 4) is 5.75 Å². The SMILES string of the molecule is Cc1cc(C)c(S(=O)(=O)Oc2cccc(C(C)C)c2)c(C)c1. The first-order chi connectivity index (χ1) is 10.2. The van der Waals surface area contributed by atoms with Gasteiger partial charge in [0.2, 0.25) is 0 Å². The topological polar surface area (TPSA) is 43.4 Å². The van der Waals surface area contributed by atoms with Gasteiger partial charge in [-0.05, 0) is 55.5 Å². The summed E-state index contributed by atoms with van der Waals surface area (Å²) in [5, 5.41) is 0. The molecule has 0 aliphatic carbocycles. The quantitative estimate of drug-likeness (QED) is 0.779. The molecular formula is C18H22O3S. The smallest absolute Gasteiger partial charge is 0.339 e. The lowest BCUT2D eigenvalue weighted by Crippen LogP contribution is -2.13. The van der Waals surface area contributed by atoms with E-state index in [1.807, 2.05) is 31.2 Å². The zero-order chi connectivity index (χ0) is 16.5. The van der Waals surface area contributed by atoms with Crippen molar-refractivity contribution >= 4 is 10.1 Å². The van der Waals surface area contributed by atoms with Crippen LogP contribution in [0.1, 0.15) is 42.0 Å². The Morgan fingerprint density at radius 2 is 1.55 bits per heavy atom. The second-order valence-corrected chi connectivity index (χ2v) is 7.48. The predicted molar refractivity (Wildman–Crippen MR) is 89.0 cm³/mol. The minimum absolute atomic E-state index is 0.257. The van der Waals surface area contributed by atoms with Gasteiger partial charge in [0.25, 0.3) is 0 Å². The second kappa shape index (κ2) is 6.13. The summed E-state index contributed by atoms with van der Waals surface area (Å²) in [5.74, 6) is 0.666. The van der Waals surface area contributed by atoms with Crippen LogP contribution in [0.2, 0.25) is 0 Å². The van der Waals surface area contributed by atoms with E-state index in [1.165, 1.54) is 0 Å². The van der Waals surface area contributed by atoms with Crippen LogP contribution in [0.3, 0.4) is 0 Å². The van der Waals surface area contributed by atoms with Gasteiger partial charge in [0.05, 0.1) is 0 Å². The van der Waals surface area contributed by atoms with Crippen LogP contribution in [-0.4, -0.2) is 8.42 Å². The molecule has 0 unspecified atom stereocenters. The molecule has 0 saturated carbocycles. The summed E-state index contributed by atoms with van der Waals surface area (Å²) >= 11 is 0. The summed E-state index contributed by atoms with van der Waals surface area (Å²) in [5.41, 5.74) is 3.50. The molecule has 0 aromatic heterocycles. The van der Waals surface area contributed by atoms with Gasteiger partial charge >= 0.3 is 10.1 Å². The van der Waals surface area contributed by atoms with Crippen LogP contribution in [0.15, 0.2) is 41.3 Å². The van der Waals surface area contributed by atoms with Crippen LogP contribution in [0.25, 0.3) is 0 Å². The van der Waals surface area contributed by atoms with Gasteiger partial charge < -0.3 is 4.18 Å². The molecule has 4 heteroatoms. The lowest BCUT2D eigenvalue weighted by Gasteiger charge is -2.14. The molecule has 22 heavy (non-hydrogen) atoms. The Bertz CT molecular complexity index is 767. The lowest BCUT2D eigenvalue weighted by molar-refractivity contribution is 0.484. The summed E-state index contributed by atoms with van der Waals surface area (Å²) < 4.78 is 30.6. The largest absolute Gasteiger partial charge is 0.379 e.